The lowest BCUT2D eigenvalue weighted by Gasteiger charge is -2.17. The van der Waals surface area contributed by atoms with E-state index in [1.165, 1.54) is 31.5 Å². The van der Waals surface area contributed by atoms with Crippen LogP contribution in [0.1, 0.15) is 36.0 Å². The minimum absolute atomic E-state index is 0.00560. The maximum absolute atomic E-state index is 15.1. The van der Waals surface area contributed by atoms with Gasteiger partial charge in [-0.2, -0.15) is 0 Å². The van der Waals surface area contributed by atoms with Gasteiger partial charge in [-0.15, -0.1) is 0 Å². The molecular formula is C25H23ClF2N4O5. The maximum Gasteiger partial charge on any atom is 0.319 e. The summed E-state index contributed by atoms with van der Waals surface area (Å²) in [5.74, 6) is -3.35. The molecule has 2 fully saturated rings. The number of carbonyl (C=O) groups excluding carboxylic acids is 2. The summed E-state index contributed by atoms with van der Waals surface area (Å²) >= 11 is 6.07. The number of carbonyl (C=O) groups is 2. The predicted octanol–water partition coefficient (Wildman–Crippen LogP) is 4.51. The first-order valence-corrected chi connectivity index (χ1v) is 11.9. The summed E-state index contributed by atoms with van der Waals surface area (Å²) in [7, 11) is 1.39. The number of hydrogen-bond donors (Lipinski definition) is 4. The highest BCUT2D eigenvalue weighted by atomic mass is 35.5. The Balaban J connectivity index is 1.47. The highest BCUT2D eigenvalue weighted by Crippen LogP contribution is 2.40. The topological polar surface area (TPSA) is 122 Å². The third-order valence-corrected chi connectivity index (χ3v) is 6.66. The average molecular weight is 533 g/mol. The van der Waals surface area contributed by atoms with Crippen molar-refractivity contribution in [3.05, 3.63) is 52.7 Å². The lowest BCUT2D eigenvalue weighted by molar-refractivity contribution is 0.0904. The highest BCUT2D eigenvalue weighted by Gasteiger charge is 2.44. The number of rotatable bonds is 8. The molecule has 2 aliphatic carbocycles. The molecule has 1 heterocycles. The summed E-state index contributed by atoms with van der Waals surface area (Å²) in [6, 6.07) is 4.61. The van der Waals surface area contributed by atoms with Crippen molar-refractivity contribution >= 4 is 40.1 Å². The van der Waals surface area contributed by atoms with Gasteiger partial charge in [-0.25, -0.2) is 13.6 Å². The standard InChI is InChI=1S/C25H23ClF2N4O5/c1-36-19-10-16-13(8-14(19)23(34)32-25(11-33)5-6-25)18(4-7-29-16)37-22-15(27)9-17(20(26)21(22)28)31-24(35)30-12-2-3-12/h4,7-10,12,33H,2-3,5-6,11H2,1H3,(H,32,34)(H2,30,31,35). The number of aliphatic hydroxyl groups is 1. The zero-order valence-corrected chi connectivity index (χ0v) is 20.4. The van der Waals surface area contributed by atoms with E-state index in [2.05, 4.69) is 20.9 Å². The molecule has 2 aromatic carbocycles. The van der Waals surface area contributed by atoms with Gasteiger partial charge >= 0.3 is 6.03 Å². The molecule has 1 aromatic heterocycles. The van der Waals surface area contributed by atoms with E-state index in [4.69, 9.17) is 21.1 Å². The van der Waals surface area contributed by atoms with Crippen LogP contribution in [0.3, 0.4) is 0 Å². The Morgan fingerprint density at radius 3 is 2.62 bits per heavy atom. The van der Waals surface area contributed by atoms with Crippen LogP contribution in [0.2, 0.25) is 5.02 Å². The van der Waals surface area contributed by atoms with Crippen LogP contribution in [0.15, 0.2) is 30.5 Å². The number of pyridine rings is 1. The molecule has 0 unspecified atom stereocenters. The van der Waals surface area contributed by atoms with E-state index < -0.39 is 39.9 Å². The lowest BCUT2D eigenvalue weighted by atomic mass is 10.1. The molecule has 0 saturated heterocycles. The number of aromatic nitrogens is 1. The highest BCUT2D eigenvalue weighted by molar-refractivity contribution is 6.34. The molecule has 2 saturated carbocycles. The van der Waals surface area contributed by atoms with E-state index in [-0.39, 0.29) is 40.8 Å². The van der Waals surface area contributed by atoms with Gasteiger partial charge in [0.1, 0.15) is 16.5 Å². The summed E-state index contributed by atoms with van der Waals surface area (Å²) in [5, 5.41) is 17.1. The van der Waals surface area contributed by atoms with Gasteiger partial charge in [0.05, 0.1) is 36.0 Å². The number of benzene rings is 2. The van der Waals surface area contributed by atoms with E-state index in [9.17, 15) is 19.1 Å². The summed E-state index contributed by atoms with van der Waals surface area (Å²) in [6.07, 6.45) is 4.35. The summed E-state index contributed by atoms with van der Waals surface area (Å²) in [5.41, 5.74) is -0.438. The van der Waals surface area contributed by atoms with Crippen molar-refractivity contribution in [2.24, 2.45) is 0 Å². The van der Waals surface area contributed by atoms with E-state index in [1.807, 2.05) is 0 Å². The van der Waals surface area contributed by atoms with Gasteiger partial charge in [0.25, 0.3) is 5.91 Å². The molecule has 0 spiro atoms. The molecule has 37 heavy (non-hydrogen) atoms. The van der Waals surface area contributed by atoms with Gasteiger partial charge in [0.2, 0.25) is 0 Å². The molecule has 5 rings (SSSR count). The van der Waals surface area contributed by atoms with Crippen molar-refractivity contribution in [1.82, 2.24) is 15.6 Å². The minimum atomic E-state index is -1.21. The molecule has 194 valence electrons. The average Bonchev–Trinajstić information content (AvgIpc) is 3.82. The fourth-order valence-electron chi connectivity index (χ4n) is 3.81. The number of hydrogen-bond acceptors (Lipinski definition) is 6. The summed E-state index contributed by atoms with van der Waals surface area (Å²) < 4.78 is 41.0. The number of nitrogens with zero attached hydrogens (tertiary/aromatic N) is 1. The van der Waals surface area contributed by atoms with Crippen molar-refractivity contribution in [2.75, 3.05) is 19.0 Å². The first-order chi connectivity index (χ1) is 17.7. The summed E-state index contributed by atoms with van der Waals surface area (Å²) in [4.78, 5) is 29.2. The Bertz CT molecular complexity index is 1410. The van der Waals surface area contributed by atoms with Crippen molar-refractivity contribution in [2.45, 2.75) is 37.3 Å². The Labute approximate surface area is 215 Å². The van der Waals surface area contributed by atoms with E-state index >= 15 is 4.39 Å². The number of urea groups is 1. The number of aliphatic hydroxyl groups excluding tert-OH is 1. The van der Waals surface area contributed by atoms with E-state index in [0.717, 1.165) is 18.9 Å². The number of methoxy groups -OCH3 is 1. The Morgan fingerprint density at radius 1 is 1.22 bits per heavy atom. The van der Waals surface area contributed by atoms with Crippen LogP contribution in [0.5, 0.6) is 17.2 Å². The number of fused-ring (bicyclic) bond motifs is 1. The Morgan fingerprint density at radius 2 is 1.97 bits per heavy atom. The van der Waals surface area contributed by atoms with Crippen molar-refractivity contribution in [3.8, 4) is 17.2 Å². The number of halogens is 3. The largest absolute Gasteiger partial charge is 0.496 e. The van der Waals surface area contributed by atoms with Gasteiger partial charge in [0.15, 0.2) is 17.4 Å². The predicted molar refractivity (Wildman–Crippen MR) is 131 cm³/mol. The van der Waals surface area contributed by atoms with Gasteiger partial charge in [-0.3, -0.25) is 9.78 Å². The Hall–Kier alpha value is -3.70. The molecule has 9 nitrogen and oxygen atoms in total. The molecule has 0 bridgehead atoms. The number of ether oxygens (including phenoxy) is 2. The van der Waals surface area contributed by atoms with Crippen LogP contribution < -0.4 is 25.4 Å². The normalized spacial score (nSPS) is 15.7. The van der Waals surface area contributed by atoms with Crippen LogP contribution >= 0.6 is 11.6 Å². The second-order valence-electron chi connectivity index (χ2n) is 9.11. The minimum Gasteiger partial charge on any atom is -0.496 e. The van der Waals surface area contributed by atoms with Crippen LogP contribution in [-0.4, -0.2) is 47.3 Å². The second-order valence-corrected chi connectivity index (χ2v) is 9.49. The van der Waals surface area contributed by atoms with Gasteiger partial charge < -0.3 is 30.5 Å². The van der Waals surface area contributed by atoms with Crippen LogP contribution in [-0.2, 0) is 0 Å². The fourth-order valence-corrected chi connectivity index (χ4v) is 4.00. The number of amides is 3. The third-order valence-electron chi connectivity index (χ3n) is 6.29. The molecular weight excluding hydrogens is 510 g/mol. The molecule has 3 amide bonds. The molecule has 12 heteroatoms. The van der Waals surface area contributed by atoms with Crippen molar-refractivity contribution in [1.29, 1.82) is 0 Å². The van der Waals surface area contributed by atoms with Crippen LogP contribution in [0, 0.1) is 11.6 Å². The molecule has 0 radical (unpaired) electrons. The van der Waals surface area contributed by atoms with Gasteiger partial charge in [-0.1, -0.05) is 11.6 Å². The first kappa shape index (κ1) is 25.0. The second kappa shape index (κ2) is 9.64. The van der Waals surface area contributed by atoms with Crippen molar-refractivity contribution < 1.29 is 33.0 Å². The monoisotopic (exact) mass is 532 g/mol. The van der Waals surface area contributed by atoms with Crippen molar-refractivity contribution in [3.63, 3.8) is 0 Å². The maximum atomic E-state index is 15.1. The molecule has 3 aromatic rings. The zero-order valence-electron chi connectivity index (χ0n) is 19.7. The smallest absolute Gasteiger partial charge is 0.319 e. The molecule has 0 aliphatic heterocycles. The summed E-state index contributed by atoms with van der Waals surface area (Å²) in [6.45, 7) is -0.197. The molecule has 2 aliphatic rings. The quantitative estimate of drug-likeness (QED) is 0.317. The third kappa shape index (κ3) is 5.09. The number of anilines is 1. The van der Waals surface area contributed by atoms with Gasteiger partial charge in [0, 0.05) is 29.8 Å². The van der Waals surface area contributed by atoms with Crippen LogP contribution in [0.4, 0.5) is 19.3 Å². The van der Waals surface area contributed by atoms with E-state index in [1.54, 1.807) is 0 Å². The van der Waals surface area contributed by atoms with Gasteiger partial charge in [-0.05, 0) is 37.8 Å². The fraction of sp³-hybridized carbons (Fsp3) is 0.320. The molecule has 0 atom stereocenters. The zero-order chi connectivity index (χ0) is 26.3. The first-order valence-electron chi connectivity index (χ1n) is 11.6. The lowest BCUT2D eigenvalue weighted by Crippen LogP contribution is -2.39. The Kier molecular flexibility index (Phi) is 6.50. The SMILES string of the molecule is COc1cc2nccc(Oc3c(F)cc(NC(=O)NC4CC4)c(Cl)c3F)c2cc1C(=O)NC1(CO)CC1. The number of nitrogens with one attached hydrogen (secondary N) is 3. The van der Waals surface area contributed by atoms with E-state index in [0.29, 0.717) is 18.4 Å². The molecule has 4 N–H and O–H groups in total. The van der Waals surface area contributed by atoms with Crippen LogP contribution in [0.25, 0.3) is 10.9 Å².